The molecule has 1 amide bonds. The van der Waals surface area contributed by atoms with Crippen molar-refractivity contribution in [2.75, 3.05) is 20.8 Å². The maximum atomic E-state index is 12.0. The molecule has 1 aromatic rings. The Kier molecular flexibility index (Phi) is 5.41. The number of carbonyl (C=O) groups is 1. The van der Waals surface area contributed by atoms with E-state index in [1.165, 1.54) is 12.8 Å². The molecule has 4 nitrogen and oxygen atoms in total. The Morgan fingerprint density at radius 2 is 2.10 bits per heavy atom. The fourth-order valence-corrected chi connectivity index (χ4v) is 2.70. The van der Waals surface area contributed by atoms with Crippen molar-refractivity contribution in [2.24, 2.45) is 5.92 Å². The van der Waals surface area contributed by atoms with Gasteiger partial charge in [-0.2, -0.15) is 0 Å². The van der Waals surface area contributed by atoms with E-state index in [1.54, 1.807) is 14.2 Å². The molecular formula is C16H23NO3. The number of hydrogen-bond donors (Lipinski definition) is 1. The summed E-state index contributed by atoms with van der Waals surface area (Å²) in [6.07, 6.45) is 4.23. The second-order valence-corrected chi connectivity index (χ2v) is 5.23. The van der Waals surface area contributed by atoms with E-state index in [-0.39, 0.29) is 17.9 Å². The van der Waals surface area contributed by atoms with Crippen LogP contribution < -0.4 is 10.1 Å². The van der Waals surface area contributed by atoms with Gasteiger partial charge < -0.3 is 14.8 Å². The van der Waals surface area contributed by atoms with E-state index < -0.39 is 0 Å². The quantitative estimate of drug-likeness (QED) is 0.869. The molecule has 1 atom stereocenters. The Bertz CT molecular complexity index is 441. The first kappa shape index (κ1) is 14.9. The number of methoxy groups -OCH3 is 2. The van der Waals surface area contributed by atoms with Gasteiger partial charge in [0.05, 0.1) is 13.2 Å². The average molecular weight is 277 g/mol. The molecule has 0 saturated heterocycles. The second kappa shape index (κ2) is 7.29. The molecule has 1 aromatic carbocycles. The molecule has 1 N–H and O–H groups in total. The summed E-state index contributed by atoms with van der Waals surface area (Å²) in [5, 5.41) is 3.01. The maximum Gasteiger partial charge on any atom is 0.223 e. The van der Waals surface area contributed by atoms with Crippen molar-refractivity contribution >= 4 is 5.91 Å². The number of carbonyl (C=O) groups excluding carboxylic acids is 1. The minimum Gasteiger partial charge on any atom is -0.497 e. The van der Waals surface area contributed by atoms with E-state index in [9.17, 15) is 4.79 Å². The monoisotopic (exact) mass is 277 g/mol. The summed E-state index contributed by atoms with van der Waals surface area (Å²) < 4.78 is 10.7. The Hall–Kier alpha value is -1.55. The largest absolute Gasteiger partial charge is 0.497 e. The zero-order chi connectivity index (χ0) is 14.4. The number of benzene rings is 1. The van der Waals surface area contributed by atoms with Crippen LogP contribution in [0, 0.1) is 5.92 Å². The van der Waals surface area contributed by atoms with Crippen LogP contribution in [0.1, 0.15) is 37.4 Å². The summed E-state index contributed by atoms with van der Waals surface area (Å²) >= 11 is 0. The van der Waals surface area contributed by atoms with Crippen molar-refractivity contribution in [1.29, 1.82) is 0 Å². The lowest BCUT2D eigenvalue weighted by molar-refractivity contribution is -0.125. The lowest BCUT2D eigenvalue weighted by atomic mass is 10.1. The molecule has 0 heterocycles. The SMILES string of the molecule is COc1cccc([C@@H](CNC(=O)C2CCCC2)OC)c1. The molecule has 0 aliphatic heterocycles. The summed E-state index contributed by atoms with van der Waals surface area (Å²) in [5.41, 5.74) is 1.01. The number of ether oxygens (including phenoxy) is 2. The van der Waals surface area contributed by atoms with Crippen molar-refractivity contribution in [1.82, 2.24) is 5.32 Å². The van der Waals surface area contributed by atoms with Gasteiger partial charge in [-0.1, -0.05) is 25.0 Å². The van der Waals surface area contributed by atoms with E-state index in [4.69, 9.17) is 9.47 Å². The molecule has 1 saturated carbocycles. The van der Waals surface area contributed by atoms with Gasteiger partial charge in [0.2, 0.25) is 5.91 Å². The van der Waals surface area contributed by atoms with E-state index in [2.05, 4.69) is 5.32 Å². The van der Waals surface area contributed by atoms with E-state index in [0.717, 1.165) is 24.2 Å². The molecule has 1 aliphatic rings. The van der Waals surface area contributed by atoms with Crippen LogP contribution in [-0.4, -0.2) is 26.7 Å². The van der Waals surface area contributed by atoms with Gasteiger partial charge in [-0.25, -0.2) is 0 Å². The highest BCUT2D eigenvalue weighted by Gasteiger charge is 2.23. The van der Waals surface area contributed by atoms with E-state index in [0.29, 0.717) is 6.54 Å². The third-order valence-electron chi connectivity index (χ3n) is 3.94. The number of nitrogens with one attached hydrogen (secondary N) is 1. The van der Waals surface area contributed by atoms with Gasteiger partial charge in [-0.3, -0.25) is 4.79 Å². The molecule has 0 spiro atoms. The van der Waals surface area contributed by atoms with Gasteiger partial charge in [0.1, 0.15) is 5.75 Å². The van der Waals surface area contributed by atoms with Crippen LogP contribution in [-0.2, 0) is 9.53 Å². The zero-order valence-electron chi connectivity index (χ0n) is 12.2. The van der Waals surface area contributed by atoms with E-state index >= 15 is 0 Å². The molecule has 20 heavy (non-hydrogen) atoms. The zero-order valence-corrected chi connectivity index (χ0v) is 12.2. The van der Waals surface area contributed by atoms with Crippen molar-refractivity contribution in [3.63, 3.8) is 0 Å². The fraction of sp³-hybridized carbons (Fsp3) is 0.562. The minimum absolute atomic E-state index is 0.143. The van der Waals surface area contributed by atoms with Gasteiger partial charge in [-0.15, -0.1) is 0 Å². The van der Waals surface area contributed by atoms with Crippen LogP contribution >= 0.6 is 0 Å². The second-order valence-electron chi connectivity index (χ2n) is 5.23. The first-order valence-corrected chi connectivity index (χ1v) is 7.19. The van der Waals surface area contributed by atoms with Crippen molar-refractivity contribution in [3.05, 3.63) is 29.8 Å². The predicted octanol–water partition coefficient (Wildman–Crippen LogP) is 2.69. The Morgan fingerprint density at radius 1 is 1.35 bits per heavy atom. The number of amides is 1. The van der Waals surface area contributed by atoms with Crippen LogP contribution in [0.3, 0.4) is 0 Å². The van der Waals surface area contributed by atoms with Crippen LogP contribution in [0.5, 0.6) is 5.75 Å². The lowest BCUT2D eigenvalue weighted by Gasteiger charge is -2.18. The lowest BCUT2D eigenvalue weighted by Crippen LogP contribution is -2.33. The third-order valence-corrected chi connectivity index (χ3v) is 3.94. The first-order chi connectivity index (χ1) is 9.74. The Balaban J connectivity index is 1.92. The molecule has 0 aromatic heterocycles. The van der Waals surface area contributed by atoms with Crippen molar-refractivity contribution < 1.29 is 14.3 Å². The third kappa shape index (κ3) is 3.73. The highest BCUT2D eigenvalue weighted by atomic mass is 16.5. The van der Waals surface area contributed by atoms with Gasteiger partial charge in [0, 0.05) is 19.6 Å². The average Bonchev–Trinajstić information content (AvgIpc) is 3.02. The van der Waals surface area contributed by atoms with Crippen molar-refractivity contribution in [2.45, 2.75) is 31.8 Å². The van der Waals surface area contributed by atoms with Gasteiger partial charge in [0.15, 0.2) is 0 Å². The van der Waals surface area contributed by atoms with Crippen LogP contribution in [0.4, 0.5) is 0 Å². The van der Waals surface area contributed by atoms with Gasteiger partial charge in [0.25, 0.3) is 0 Å². The van der Waals surface area contributed by atoms with E-state index in [1.807, 2.05) is 24.3 Å². The smallest absolute Gasteiger partial charge is 0.223 e. The molecular weight excluding hydrogens is 254 g/mol. The minimum atomic E-state index is -0.143. The highest BCUT2D eigenvalue weighted by molar-refractivity contribution is 5.78. The normalized spacial score (nSPS) is 16.9. The molecule has 2 rings (SSSR count). The summed E-state index contributed by atoms with van der Waals surface area (Å²) in [5.74, 6) is 1.15. The Morgan fingerprint density at radius 3 is 2.75 bits per heavy atom. The van der Waals surface area contributed by atoms with Gasteiger partial charge in [-0.05, 0) is 30.5 Å². The molecule has 0 bridgehead atoms. The topological polar surface area (TPSA) is 47.6 Å². The molecule has 1 aliphatic carbocycles. The molecule has 4 heteroatoms. The van der Waals surface area contributed by atoms with Crippen LogP contribution in [0.2, 0.25) is 0 Å². The number of rotatable bonds is 6. The molecule has 0 unspecified atom stereocenters. The summed E-state index contributed by atoms with van der Waals surface area (Å²) in [6.45, 7) is 0.499. The van der Waals surface area contributed by atoms with Crippen LogP contribution in [0.15, 0.2) is 24.3 Å². The maximum absolute atomic E-state index is 12.0. The van der Waals surface area contributed by atoms with Crippen molar-refractivity contribution in [3.8, 4) is 5.75 Å². The molecule has 110 valence electrons. The molecule has 0 radical (unpaired) electrons. The van der Waals surface area contributed by atoms with Gasteiger partial charge >= 0.3 is 0 Å². The first-order valence-electron chi connectivity index (χ1n) is 7.19. The summed E-state index contributed by atoms with van der Waals surface area (Å²) in [4.78, 5) is 12.0. The number of hydrogen-bond acceptors (Lipinski definition) is 3. The standard InChI is InChI=1S/C16H23NO3/c1-19-14-9-5-8-13(10-14)15(20-2)11-17-16(18)12-6-3-4-7-12/h5,8-10,12,15H,3-4,6-7,11H2,1-2H3,(H,17,18)/t15-/m1/s1. The molecule has 1 fully saturated rings. The fourth-order valence-electron chi connectivity index (χ4n) is 2.70. The summed E-state index contributed by atoms with van der Waals surface area (Å²) in [6, 6.07) is 7.75. The predicted molar refractivity (Wildman–Crippen MR) is 77.7 cm³/mol. The van der Waals surface area contributed by atoms with Crippen LogP contribution in [0.25, 0.3) is 0 Å². The highest BCUT2D eigenvalue weighted by Crippen LogP contribution is 2.25. The summed E-state index contributed by atoms with van der Waals surface area (Å²) in [7, 11) is 3.30. The Labute approximate surface area is 120 Å².